The van der Waals surface area contributed by atoms with Gasteiger partial charge in [0, 0.05) is 26.2 Å². The first-order valence-electron chi connectivity index (χ1n) is 9.41. The molecule has 1 aliphatic heterocycles. The molecule has 1 saturated carbocycles. The van der Waals surface area contributed by atoms with E-state index in [9.17, 15) is 0 Å². The second-order valence-electron chi connectivity index (χ2n) is 7.22. The van der Waals surface area contributed by atoms with Crippen LogP contribution in [0.5, 0.6) is 5.75 Å². The van der Waals surface area contributed by atoms with Gasteiger partial charge in [-0.25, -0.2) is 0 Å². The minimum atomic E-state index is 0.586. The van der Waals surface area contributed by atoms with Crippen molar-refractivity contribution in [1.82, 2.24) is 10.2 Å². The topological polar surface area (TPSA) is 36.9 Å². The van der Waals surface area contributed by atoms with E-state index >= 15 is 0 Å². The fourth-order valence-electron chi connectivity index (χ4n) is 4.19. The molecule has 4 heteroatoms. The van der Waals surface area contributed by atoms with Crippen LogP contribution in [0.4, 0.5) is 0 Å². The third-order valence-corrected chi connectivity index (χ3v) is 5.53. The molecule has 0 amide bonds. The van der Waals surface area contributed by atoms with E-state index in [0.29, 0.717) is 5.41 Å². The first-order chi connectivity index (χ1) is 11.7. The van der Waals surface area contributed by atoms with Crippen LogP contribution in [0.2, 0.25) is 0 Å². The first-order valence-corrected chi connectivity index (χ1v) is 9.41. The number of methoxy groups -OCH3 is 1. The van der Waals surface area contributed by atoms with Crippen molar-refractivity contribution in [2.75, 3.05) is 33.3 Å². The van der Waals surface area contributed by atoms with Crippen LogP contribution >= 0.6 is 0 Å². The summed E-state index contributed by atoms with van der Waals surface area (Å²) in [4.78, 5) is 7.38. The molecule has 0 radical (unpaired) electrons. The van der Waals surface area contributed by atoms with Crippen molar-refractivity contribution in [2.45, 2.75) is 45.4 Å². The Morgan fingerprint density at radius 2 is 2.12 bits per heavy atom. The van der Waals surface area contributed by atoms with Crippen LogP contribution in [0.25, 0.3) is 0 Å². The van der Waals surface area contributed by atoms with Crippen LogP contribution in [0.3, 0.4) is 0 Å². The van der Waals surface area contributed by atoms with E-state index in [0.717, 1.165) is 37.8 Å². The Hall–Kier alpha value is -1.71. The smallest absolute Gasteiger partial charge is 0.193 e. The van der Waals surface area contributed by atoms with Gasteiger partial charge in [-0.15, -0.1) is 0 Å². The molecule has 0 bridgehead atoms. The minimum Gasteiger partial charge on any atom is -0.497 e. The van der Waals surface area contributed by atoms with Crippen molar-refractivity contribution in [2.24, 2.45) is 10.4 Å². The summed E-state index contributed by atoms with van der Waals surface area (Å²) < 4.78 is 5.30. The van der Waals surface area contributed by atoms with Crippen molar-refractivity contribution in [3.63, 3.8) is 0 Å². The van der Waals surface area contributed by atoms with Gasteiger partial charge in [0.05, 0.1) is 7.11 Å². The number of guanidine groups is 1. The van der Waals surface area contributed by atoms with E-state index in [1.807, 2.05) is 12.1 Å². The summed E-state index contributed by atoms with van der Waals surface area (Å²) in [7, 11) is 1.72. The lowest BCUT2D eigenvalue weighted by Gasteiger charge is -2.26. The quantitative estimate of drug-likeness (QED) is 0.664. The monoisotopic (exact) mass is 329 g/mol. The summed E-state index contributed by atoms with van der Waals surface area (Å²) >= 11 is 0. The highest BCUT2D eigenvalue weighted by Crippen LogP contribution is 2.45. The zero-order valence-electron chi connectivity index (χ0n) is 15.2. The Labute approximate surface area is 146 Å². The normalized spacial score (nSPS) is 19.9. The summed E-state index contributed by atoms with van der Waals surface area (Å²) in [5.41, 5.74) is 1.87. The summed E-state index contributed by atoms with van der Waals surface area (Å²) in [6, 6.07) is 8.29. The number of aliphatic imine (C=N–C) groups is 1. The highest BCUT2D eigenvalue weighted by molar-refractivity contribution is 5.80. The second kappa shape index (κ2) is 7.91. The SMILES string of the molecule is CCNC(=NCCc1cccc(OC)c1)N1CCC2(CCCC2)C1. The molecule has 1 heterocycles. The number of hydrogen-bond donors (Lipinski definition) is 1. The molecule has 0 aromatic heterocycles. The Morgan fingerprint density at radius 1 is 1.29 bits per heavy atom. The van der Waals surface area contributed by atoms with Crippen molar-refractivity contribution in [3.8, 4) is 5.75 Å². The summed E-state index contributed by atoms with van der Waals surface area (Å²) in [5.74, 6) is 2.02. The lowest BCUT2D eigenvalue weighted by Crippen LogP contribution is -2.41. The van der Waals surface area contributed by atoms with Crippen LogP contribution < -0.4 is 10.1 Å². The number of likely N-dealkylation sites (tertiary alicyclic amines) is 1. The average molecular weight is 329 g/mol. The highest BCUT2D eigenvalue weighted by atomic mass is 16.5. The molecule has 24 heavy (non-hydrogen) atoms. The number of hydrogen-bond acceptors (Lipinski definition) is 2. The van der Waals surface area contributed by atoms with Gasteiger partial charge in [0.25, 0.3) is 0 Å². The molecule has 2 fully saturated rings. The lowest BCUT2D eigenvalue weighted by atomic mass is 9.86. The molecule has 132 valence electrons. The van der Waals surface area contributed by atoms with Gasteiger partial charge >= 0.3 is 0 Å². The van der Waals surface area contributed by atoms with Gasteiger partial charge in [-0.05, 0) is 55.7 Å². The van der Waals surface area contributed by atoms with Crippen LogP contribution in [-0.4, -0.2) is 44.1 Å². The number of nitrogens with one attached hydrogen (secondary N) is 1. The van der Waals surface area contributed by atoms with Crippen LogP contribution in [0.15, 0.2) is 29.3 Å². The Balaban J connectivity index is 1.59. The molecule has 1 aromatic rings. The van der Waals surface area contributed by atoms with Crippen molar-refractivity contribution >= 4 is 5.96 Å². The van der Waals surface area contributed by atoms with Gasteiger partial charge in [-0.2, -0.15) is 0 Å². The van der Waals surface area contributed by atoms with E-state index in [-0.39, 0.29) is 0 Å². The highest BCUT2D eigenvalue weighted by Gasteiger charge is 2.41. The predicted octanol–water partition coefficient (Wildman–Crippen LogP) is 3.47. The fraction of sp³-hybridized carbons (Fsp3) is 0.650. The maximum absolute atomic E-state index is 5.30. The second-order valence-corrected chi connectivity index (χ2v) is 7.22. The Morgan fingerprint density at radius 3 is 2.88 bits per heavy atom. The minimum absolute atomic E-state index is 0.586. The van der Waals surface area contributed by atoms with Crippen LogP contribution in [-0.2, 0) is 6.42 Å². The molecule has 0 atom stereocenters. The van der Waals surface area contributed by atoms with E-state index < -0.39 is 0 Å². The molecule has 1 N–H and O–H groups in total. The van der Waals surface area contributed by atoms with E-state index in [1.54, 1.807) is 7.11 Å². The van der Waals surface area contributed by atoms with Gasteiger partial charge in [0.15, 0.2) is 5.96 Å². The zero-order valence-corrected chi connectivity index (χ0v) is 15.2. The maximum atomic E-state index is 5.30. The fourth-order valence-corrected chi connectivity index (χ4v) is 4.19. The molecular formula is C20H31N3O. The molecule has 1 aliphatic carbocycles. The maximum Gasteiger partial charge on any atom is 0.193 e. The summed E-state index contributed by atoms with van der Waals surface area (Å²) in [6.07, 6.45) is 7.94. The van der Waals surface area contributed by atoms with Gasteiger partial charge < -0.3 is 15.0 Å². The van der Waals surface area contributed by atoms with E-state index in [2.05, 4.69) is 29.3 Å². The third-order valence-electron chi connectivity index (χ3n) is 5.53. The lowest BCUT2D eigenvalue weighted by molar-refractivity contribution is 0.309. The largest absolute Gasteiger partial charge is 0.497 e. The molecule has 1 spiro atoms. The van der Waals surface area contributed by atoms with Crippen molar-refractivity contribution < 1.29 is 4.74 Å². The first kappa shape index (κ1) is 17.1. The van der Waals surface area contributed by atoms with E-state index in [1.165, 1.54) is 44.2 Å². The molecule has 1 saturated heterocycles. The third kappa shape index (κ3) is 4.03. The standard InChI is InChI=1S/C20H31N3O/c1-3-21-19(23-14-12-20(16-23)10-4-5-11-20)22-13-9-17-7-6-8-18(15-17)24-2/h6-8,15H,3-5,9-14,16H2,1-2H3,(H,21,22). The zero-order chi connectivity index (χ0) is 16.8. The van der Waals surface area contributed by atoms with E-state index in [4.69, 9.17) is 9.73 Å². The molecule has 1 aromatic carbocycles. The molecule has 0 unspecified atom stereocenters. The summed E-state index contributed by atoms with van der Waals surface area (Å²) in [6.45, 7) is 6.25. The van der Waals surface area contributed by atoms with Gasteiger partial charge in [0.1, 0.15) is 5.75 Å². The van der Waals surface area contributed by atoms with Gasteiger partial charge in [0.2, 0.25) is 0 Å². The number of nitrogens with zero attached hydrogens (tertiary/aromatic N) is 2. The van der Waals surface area contributed by atoms with Crippen LogP contribution in [0.1, 0.15) is 44.6 Å². The number of ether oxygens (including phenoxy) is 1. The molecule has 4 nitrogen and oxygen atoms in total. The van der Waals surface area contributed by atoms with Gasteiger partial charge in [-0.3, -0.25) is 4.99 Å². The summed E-state index contributed by atoms with van der Waals surface area (Å²) in [5, 5.41) is 3.49. The Bertz CT molecular complexity index is 564. The number of benzene rings is 1. The molecule has 2 aliphatic rings. The van der Waals surface area contributed by atoms with Crippen LogP contribution in [0, 0.1) is 5.41 Å². The van der Waals surface area contributed by atoms with Crippen molar-refractivity contribution in [1.29, 1.82) is 0 Å². The average Bonchev–Trinajstić information content (AvgIpc) is 3.24. The van der Waals surface area contributed by atoms with Gasteiger partial charge in [-0.1, -0.05) is 25.0 Å². The molecular weight excluding hydrogens is 298 g/mol. The predicted molar refractivity (Wildman–Crippen MR) is 99.8 cm³/mol. The number of rotatable bonds is 5. The Kier molecular flexibility index (Phi) is 5.64. The van der Waals surface area contributed by atoms with Crippen molar-refractivity contribution in [3.05, 3.63) is 29.8 Å². The molecule has 3 rings (SSSR count).